The highest BCUT2D eigenvalue weighted by Crippen LogP contribution is 2.21. The van der Waals surface area contributed by atoms with Crippen molar-refractivity contribution in [2.24, 2.45) is 0 Å². The average molecular weight is 334 g/mol. The molecule has 0 aliphatic carbocycles. The van der Waals surface area contributed by atoms with Gasteiger partial charge in [0.2, 0.25) is 0 Å². The minimum Gasteiger partial charge on any atom is -0.497 e. The highest BCUT2D eigenvalue weighted by Gasteiger charge is 2.09. The molecule has 0 spiro atoms. The van der Waals surface area contributed by atoms with Crippen molar-refractivity contribution in [2.75, 3.05) is 12.4 Å². The number of rotatable bonds is 15. The third kappa shape index (κ3) is 9.85. The molecule has 0 aromatic heterocycles. The molecule has 1 aromatic carbocycles. The fourth-order valence-corrected chi connectivity index (χ4v) is 3.23. The largest absolute Gasteiger partial charge is 0.497 e. The Morgan fingerprint density at radius 2 is 1.42 bits per heavy atom. The first kappa shape index (κ1) is 20.9. The molecule has 0 unspecified atom stereocenters. The quantitative estimate of drug-likeness (QED) is 0.343. The second kappa shape index (κ2) is 14.2. The Morgan fingerprint density at radius 3 is 1.96 bits per heavy atom. The van der Waals surface area contributed by atoms with Gasteiger partial charge in [-0.05, 0) is 25.0 Å². The average Bonchev–Trinajstić information content (AvgIpc) is 2.61. The third-order valence-corrected chi connectivity index (χ3v) is 4.75. The van der Waals surface area contributed by atoms with Crippen molar-refractivity contribution >= 4 is 5.69 Å². The van der Waals surface area contributed by atoms with Crippen LogP contribution in [0.1, 0.15) is 90.9 Å². The summed E-state index contributed by atoms with van der Waals surface area (Å²) in [5.41, 5.74) is 1.20. The van der Waals surface area contributed by atoms with Crippen LogP contribution in [0.15, 0.2) is 24.3 Å². The number of benzene rings is 1. The second-order valence-electron chi connectivity index (χ2n) is 6.98. The molecule has 0 fully saturated rings. The van der Waals surface area contributed by atoms with Gasteiger partial charge in [-0.25, -0.2) is 0 Å². The predicted molar refractivity (Wildman–Crippen MR) is 107 cm³/mol. The van der Waals surface area contributed by atoms with Crippen LogP contribution in [0.4, 0.5) is 5.69 Å². The molecule has 1 aromatic rings. The molecule has 0 amide bonds. The number of unbranched alkanes of at least 4 members (excludes halogenated alkanes) is 8. The van der Waals surface area contributed by atoms with Gasteiger partial charge in [-0.15, -0.1) is 0 Å². The molecule has 0 bridgehead atoms. The molecule has 0 atom stereocenters. The van der Waals surface area contributed by atoms with Crippen molar-refractivity contribution in [3.63, 3.8) is 0 Å². The maximum atomic E-state index is 5.35. The van der Waals surface area contributed by atoms with E-state index < -0.39 is 0 Å². The third-order valence-electron chi connectivity index (χ3n) is 4.75. The highest BCUT2D eigenvalue weighted by molar-refractivity contribution is 5.48. The number of methoxy groups -OCH3 is 1. The van der Waals surface area contributed by atoms with Crippen molar-refractivity contribution in [1.29, 1.82) is 0 Å². The summed E-state index contributed by atoms with van der Waals surface area (Å²) >= 11 is 0. The monoisotopic (exact) mass is 333 g/mol. The van der Waals surface area contributed by atoms with Gasteiger partial charge in [-0.3, -0.25) is 0 Å². The highest BCUT2D eigenvalue weighted by atomic mass is 16.5. The van der Waals surface area contributed by atoms with Gasteiger partial charge in [0.05, 0.1) is 7.11 Å². The molecule has 0 aliphatic heterocycles. The summed E-state index contributed by atoms with van der Waals surface area (Å²) in [6.45, 7) is 4.56. The Morgan fingerprint density at radius 1 is 0.833 bits per heavy atom. The topological polar surface area (TPSA) is 21.3 Å². The molecule has 1 N–H and O–H groups in total. The molecule has 0 aliphatic rings. The first-order valence-electron chi connectivity index (χ1n) is 10.2. The van der Waals surface area contributed by atoms with E-state index in [1.165, 1.54) is 82.7 Å². The zero-order valence-corrected chi connectivity index (χ0v) is 16.3. The summed E-state index contributed by atoms with van der Waals surface area (Å²) in [7, 11) is 1.73. The van der Waals surface area contributed by atoms with Crippen LogP contribution in [-0.2, 0) is 0 Å². The summed E-state index contributed by atoms with van der Waals surface area (Å²) in [5, 5.41) is 3.76. The molecular weight excluding hydrogens is 294 g/mol. The van der Waals surface area contributed by atoms with E-state index in [1.807, 2.05) is 6.07 Å². The van der Waals surface area contributed by atoms with Crippen molar-refractivity contribution < 1.29 is 4.74 Å². The van der Waals surface area contributed by atoms with E-state index in [2.05, 4.69) is 37.4 Å². The smallest absolute Gasteiger partial charge is 0.120 e. The van der Waals surface area contributed by atoms with E-state index in [-0.39, 0.29) is 0 Å². The van der Waals surface area contributed by atoms with Gasteiger partial charge in [0.1, 0.15) is 5.75 Å². The Balaban J connectivity index is 2.42. The number of anilines is 1. The lowest BCUT2D eigenvalue weighted by molar-refractivity contribution is 0.415. The summed E-state index contributed by atoms with van der Waals surface area (Å²) in [6.07, 6.45) is 16.2. The lowest BCUT2D eigenvalue weighted by Gasteiger charge is -2.20. The van der Waals surface area contributed by atoms with Gasteiger partial charge < -0.3 is 10.1 Å². The molecule has 0 radical (unpaired) electrons. The Kier molecular flexibility index (Phi) is 12.3. The van der Waals surface area contributed by atoms with Crippen LogP contribution in [-0.4, -0.2) is 13.2 Å². The first-order valence-corrected chi connectivity index (χ1v) is 10.2. The fourth-order valence-electron chi connectivity index (χ4n) is 3.23. The molecule has 1 rings (SSSR count). The lowest BCUT2D eigenvalue weighted by Crippen LogP contribution is -2.19. The van der Waals surface area contributed by atoms with E-state index in [0.29, 0.717) is 6.04 Å². The Hall–Kier alpha value is -1.18. The van der Waals surface area contributed by atoms with Crippen LogP contribution in [0.5, 0.6) is 5.75 Å². The van der Waals surface area contributed by atoms with E-state index in [1.54, 1.807) is 7.11 Å². The first-order chi connectivity index (χ1) is 11.8. The van der Waals surface area contributed by atoms with E-state index in [0.717, 1.165) is 5.75 Å². The van der Waals surface area contributed by atoms with Crippen LogP contribution in [0.25, 0.3) is 0 Å². The van der Waals surface area contributed by atoms with Crippen LogP contribution in [0.2, 0.25) is 0 Å². The predicted octanol–water partition coefficient (Wildman–Crippen LogP) is 7.20. The van der Waals surface area contributed by atoms with Crippen LogP contribution in [0, 0.1) is 0 Å². The number of nitrogens with one attached hydrogen (secondary N) is 1. The van der Waals surface area contributed by atoms with E-state index in [4.69, 9.17) is 4.74 Å². The van der Waals surface area contributed by atoms with Crippen molar-refractivity contribution in [3.8, 4) is 5.75 Å². The summed E-state index contributed by atoms with van der Waals surface area (Å²) in [4.78, 5) is 0. The molecule has 2 heteroatoms. The van der Waals surface area contributed by atoms with Gasteiger partial charge >= 0.3 is 0 Å². The zero-order chi connectivity index (χ0) is 17.5. The normalized spacial score (nSPS) is 11.0. The zero-order valence-electron chi connectivity index (χ0n) is 16.3. The van der Waals surface area contributed by atoms with Crippen LogP contribution >= 0.6 is 0 Å². The molecule has 2 nitrogen and oxygen atoms in total. The summed E-state index contributed by atoms with van der Waals surface area (Å²) in [6, 6.07) is 8.95. The van der Waals surface area contributed by atoms with Crippen molar-refractivity contribution in [1.82, 2.24) is 0 Å². The molecular formula is C22H39NO. The minimum atomic E-state index is 0.598. The number of ether oxygens (including phenoxy) is 1. The maximum absolute atomic E-state index is 5.35. The fraction of sp³-hybridized carbons (Fsp3) is 0.727. The van der Waals surface area contributed by atoms with E-state index >= 15 is 0 Å². The standard InChI is InChI=1S/C22H39NO/c1-4-6-8-10-12-15-20(16-13-11-9-7-5-2)23-21-17-14-18-22(19-21)24-3/h14,17-20,23H,4-13,15-16H2,1-3H3. The van der Waals surface area contributed by atoms with Crippen molar-refractivity contribution in [2.45, 2.75) is 96.9 Å². The number of hydrogen-bond acceptors (Lipinski definition) is 2. The molecule has 0 saturated heterocycles. The van der Waals surface area contributed by atoms with Gasteiger partial charge in [-0.2, -0.15) is 0 Å². The minimum absolute atomic E-state index is 0.598. The van der Waals surface area contributed by atoms with Gasteiger partial charge in [0.25, 0.3) is 0 Å². The van der Waals surface area contributed by atoms with E-state index in [9.17, 15) is 0 Å². The number of hydrogen-bond donors (Lipinski definition) is 1. The van der Waals surface area contributed by atoms with Crippen molar-refractivity contribution in [3.05, 3.63) is 24.3 Å². The van der Waals surface area contributed by atoms with Gasteiger partial charge in [0, 0.05) is 17.8 Å². The molecule has 24 heavy (non-hydrogen) atoms. The van der Waals surface area contributed by atoms with Gasteiger partial charge in [-0.1, -0.05) is 84.1 Å². The maximum Gasteiger partial charge on any atom is 0.120 e. The van der Waals surface area contributed by atoms with Crippen LogP contribution < -0.4 is 10.1 Å². The van der Waals surface area contributed by atoms with Crippen LogP contribution in [0.3, 0.4) is 0 Å². The Bertz CT molecular complexity index is 391. The molecule has 0 heterocycles. The Labute approximate surface area is 150 Å². The van der Waals surface area contributed by atoms with Gasteiger partial charge in [0.15, 0.2) is 0 Å². The second-order valence-corrected chi connectivity index (χ2v) is 6.98. The lowest BCUT2D eigenvalue weighted by atomic mass is 10.00. The molecule has 138 valence electrons. The SMILES string of the molecule is CCCCCCCC(CCCCCCC)Nc1cccc(OC)c1. The summed E-state index contributed by atoms with van der Waals surface area (Å²) in [5.74, 6) is 0.935. The molecule has 0 saturated carbocycles. The summed E-state index contributed by atoms with van der Waals surface area (Å²) < 4.78 is 5.35.